The number of fused-ring (bicyclic) bond motifs is 1. The molecule has 2 aliphatic rings. The maximum absolute atomic E-state index is 13.0. The number of carboxylic acids is 1. The first-order chi connectivity index (χ1) is 11.0. The van der Waals surface area contributed by atoms with Crippen molar-refractivity contribution in [2.24, 2.45) is 5.92 Å². The van der Waals surface area contributed by atoms with E-state index < -0.39 is 12.0 Å². The van der Waals surface area contributed by atoms with E-state index in [0.29, 0.717) is 6.42 Å². The number of carboxylic acid groups (broad SMARTS) is 1. The monoisotopic (exact) mass is 317 g/mol. The van der Waals surface area contributed by atoms with Gasteiger partial charge in [-0.05, 0) is 49.3 Å². The molecule has 1 saturated carbocycles. The van der Waals surface area contributed by atoms with Gasteiger partial charge >= 0.3 is 5.97 Å². The van der Waals surface area contributed by atoms with E-state index in [0.717, 1.165) is 37.7 Å². The number of phenols is 1. The molecule has 1 aromatic rings. The van der Waals surface area contributed by atoms with Gasteiger partial charge in [-0.2, -0.15) is 0 Å². The highest BCUT2D eigenvalue weighted by molar-refractivity contribution is 5.99. The molecule has 0 radical (unpaired) electrons. The van der Waals surface area contributed by atoms with Crippen molar-refractivity contribution in [3.8, 4) is 5.75 Å². The molecule has 124 valence electrons. The predicted molar refractivity (Wildman–Crippen MR) is 85.4 cm³/mol. The summed E-state index contributed by atoms with van der Waals surface area (Å²) in [5.74, 6) is -1.10. The zero-order chi connectivity index (χ0) is 16.6. The summed E-state index contributed by atoms with van der Waals surface area (Å²) >= 11 is 0. The van der Waals surface area contributed by atoms with Gasteiger partial charge in [0.1, 0.15) is 11.8 Å². The van der Waals surface area contributed by atoms with Crippen molar-refractivity contribution in [1.29, 1.82) is 0 Å². The van der Waals surface area contributed by atoms with Gasteiger partial charge in [0.2, 0.25) is 0 Å². The second kappa shape index (κ2) is 6.22. The molecule has 3 rings (SSSR count). The van der Waals surface area contributed by atoms with Gasteiger partial charge in [-0.15, -0.1) is 0 Å². The molecule has 5 heteroatoms. The molecule has 0 spiro atoms. The Labute approximate surface area is 135 Å². The molecule has 1 aliphatic carbocycles. The lowest BCUT2D eigenvalue weighted by Crippen LogP contribution is -2.46. The van der Waals surface area contributed by atoms with E-state index in [9.17, 15) is 19.8 Å². The lowest BCUT2D eigenvalue weighted by Gasteiger charge is -2.33. The molecule has 3 atom stereocenters. The minimum Gasteiger partial charge on any atom is -0.507 e. The molecule has 2 N–H and O–H groups in total. The summed E-state index contributed by atoms with van der Waals surface area (Å²) in [4.78, 5) is 26.2. The predicted octanol–water partition coefficient (Wildman–Crippen LogP) is 2.81. The van der Waals surface area contributed by atoms with Gasteiger partial charge in [0, 0.05) is 6.04 Å². The van der Waals surface area contributed by atoms with Gasteiger partial charge in [-0.25, -0.2) is 4.79 Å². The number of benzene rings is 1. The summed E-state index contributed by atoms with van der Waals surface area (Å²) in [5, 5.41) is 19.6. The van der Waals surface area contributed by atoms with Crippen molar-refractivity contribution in [3.05, 3.63) is 29.3 Å². The normalized spacial score (nSPS) is 26.8. The molecular weight excluding hydrogens is 294 g/mol. The fraction of sp³-hybridized carbons (Fsp3) is 0.556. The van der Waals surface area contributed by atoms with E-state index in [2.05, 4.69) is 0 Å². The minimum atomic E-state index is -0.945. The number of nitrogens with zero attached hydrogens (tertiary/aromatic N) is 1. The summed E-state index contributed by atoms with van der Waals surface area (Å²) < 4.78 is 0. The highest BCUT2D eigenvalue weighted by Gasteiger charge is 2.48. The van der Waals surface area contributed by atoms with Crippen LogP contribution in [0.5, 0.6) is 5.75 Å². The number of hydrogen-bond donors (Lipinski definition) is 2. The van der Waals surface area contributed by atoms with Gasteiger partial charge in [-0.3, -0.25) is 4.79 Å². The fourth-order valence-corrected chi connectivity index (χ4v) is 4.09. The Morgan fingerprint density at radius 1 is 1.26 bits per heavy atom. The summed E-state index contributed by atoms with van der Waals surface area (Å²) in [5.41, 5.74) is 1.18. The highest BCUT2D eigenvalue weighted by atomic mass is 16.4. The van der Waals surface area contributed by atoms with Crippen molar-refractivity contribution in [2.45, 2.75) is 57.5 Å². The zero-order valence-electron chi connectivity index (χ0n) is 13.4. The lowest BCUT2D eigenvalue weighted by molar-refractivity contribution is -0.141. The second-order valence-electron chi connectivity index (χ2n) is 6.62. The Hall–Kier alpha value is -2.04. The van der Waals surface area contributed by atoms with Crippen LogP contribution in [0.3, 0.4) is 0 Å². The molecule has 5 nitrogen and oxygen atoms in total. The zero-order valence-corrected chi connectivity index (χ0v) is 13.4. The van der Waals surface area contributed by atoms with Crippen LogP contribution in [-0.4, -0.2) is 39.1 Å². The van der Waals surface area contributed by atoms with Gasteiger partial charge < -0.3 is 15.1 Å². The topological polar surface area (TPSA) is 77.8 Å². The number of rotatable bonds is 3. The number of likely N-dealkylation sites (tertiary alicyclic amines) is 1. The van der Waals surface area contributed by atoms with Crippen LogP contribution in [0.2, 0.25) is 0 Å². The summed E-state index contributed by atoms with van der Waals surface area (Å²) in [6, 6.07) is 4.21. The maximum atomic E-state index is 13.0. The molecule has 2 fully saturated rings. The summed E-state index contributed by atoms with van der Waals surface area (Å²) in [6.07, 6.45) is 5.26. The number of aliphatic carboxylic acids is 1. The van der Waals surface area contributed by atoms with Gasteiger partial charge in [0.15, 0.2) is 0 Å². The molecule has 3 unspecified atom stereocenters. The Kier molecular flexibility index (Phi) is 4.28. The van der Waals surface area contributed by atoms with E-state index in [4.69, 9.17) is 0 Å². The van der Waals surface area contributed by atoms with E-state index in [1.807, 2.05) is 6.92 Å². The van der Waals surface area contributed by atoms with Crippen LogP contribution in [-0.2, 0) is 11.2 Å². The number of hydrogen-bond acceptors (Lipinski definition) is 3. The molecule has 1 aliphatic heterocycles. The smallest absolute Gasteiger partial charge is 0.326 e. The molecule has 1 saturated heterocycles. The van der Waals surface area contributed by atoms with Crippen LogP contribution in [0, 0.1) is 5.92 Å². The van der Waals surface area contributed by atoms with Crippen molar-refractivity contribution >= 4 is 11.9 Å². The van der Waals surface area contributed by atoms with Gasteiger partial charge in [0.25, 0.3) is 5.91 Å². The quantitative estimate of drug-likeness (QED) is 0.898. The average Bonchev–Trinajstić information content (AvgIpc) is 2.94. The highest BCUT2D eigenvalue weighted by Crippen LogP contribution is 2.41. The fourth-order valence-electron chi connectivity index (χ4n) is 4.09. The maximum Gasteiger partial charge on any atom is 0.326 e. The number of phenolic OH excluding ortho intramolecular Hbond substituents is 1. The third kappa shape index (κ3) is 2.80. The number of carbonyl (C=O) groups is 2. The second-order valence-corrected chi connectivity index (χ2v) is 6.62. The third-order valence-corrected chi connectivity index (χ3v) is 5.31. The standard InChI is InChI=1S/C18H23NO4/c1-2-11-7-8-16(20)13(9-11)17(21)19-14-6-4-3-5-12(14)10-15(19)18(22)23/h7-9,12,14-15,20H,2-6,10H2,1H3,(H,22,23). The van der Waals surface area contributed by atoms with Crippen LogP contribution in [0.1, 0.15) is 54.9 Å². The Morgan fingerprint density at radius 3 is 2.70 bits per heavy atom. The van der Waals surface area contributed by atoms with E-state index in [-0.39, 0.29) is 29.2 Å². The largest absolute Gasteiger partial charge is 0.507 e. The van der Waals surface area contributed by atoms with E-state index in [1.54, 1.807) is 12.1 Å². The van der Waals surface area contributed by atoms with Crippen LogP contribution < -0.4 is 0 Å². The Morgan fingerprint density at radius 2 is 2.00 bits per heavy atom. The van der Waals surface area contributed by atoms with E-state index >= 15 is 0 Å². The van der Waals surface area contributed by atoms with Crippen LogP contribution in [0.25, 0.3) is 0 Å². The number of carbonyl (C=O) groups excluding carboxylic acids is 1. The minimum absolute atomic E-state index is 0.0120. The summed E-state index contributed by atoms with van der Waals surface area (Å²) in [7, 11) is 0. The molecule has 1 heterocycles. The molecule has 0 aromatic heterocycles. The first kappa shape index (κ1) is 15.8. The molecule has 23 heavy (non-hydrogen) atoms. The molecule has 1 amide bonds. The average molecular weight is 317 g/mol. The van der Waals surface area contributed by atoms with Crippen molar-refractivity contribution in [1.82, 2.24) is 4.90 Å². The van der Waals surface area contributed by atoms with Gasteiger partial charge in [0.05, 0.1) is 5.56 Å². The lowest BCUT2D eigenvalue weighted by atomic mass is 9.84. The number of aryl methyl sites for hydroxylation is 1. The van der Waals surface area contributed by atoms with Crippen molar-refractivity contribution < 1.29 is 19.8 Å². The third-order valence-electron chi connectivity index (χ3n) is 5.31. The number of aromatic hydroxyl groups is 1. The Balaban J connectivity index is 1.96. The van der Waals surface area contributed by atoms with Crippen molar-refractivity contribution in [3.63, 3.8) is 0 Å². The molecular formula is C18H23NO4. The number of amides is 1. The summed E-state index contributed by atoms with van der Waals surface area (Å²) in [6.45, 7) is 1.98. The van der Waals surface area contributed by atoms with Crippen LogP contribution in [0.15, 0.2) is 18.2 Å². The first-order valence-corrected chi connectivity index (χ1v) is 8.40. The molecule has 0 bridgehead atoms. The van der Waals surface area contributed by atoms with Gasteiger partial charge in [-0.1, -0.05) is 25.8 Å². The first-order valence-electron chi connectivity index (χ1n) is 8.40. The Bertz CT molecular complexity index is 627. The van der Waals surface area contributed by atoms with Crippen LogP contribution >= 0.6 is 0 Å². The SMILES string of the molecule is CCc1ccc(O)c(C(=O)N2C(C(=O)O)CC3CCCCC32)c1. The van der Waals surface area contributed by atoms with Crippen molar-refractivity contribution in [2.75, 3.05) is 0 Å². The van der Waals surface area contributed by atoms with E-state index in [1.165, 1.54) is 11.0 Å². The molecule has 1 aromatic carbocycles. The van der Waals surface area contributed by atoms with Crippen LogP contribution in [0.4, 0.5) is 0 Å².